The average Bonchev–Trinajstić information content (AvgIpc) is 2.36. The Hall–Kier alpha value is -0.600. The molecule has 0 spiro atoms. The van der Waals surface area contributed by atoms with Gasteiger partial charge in [-0.25, -0.2) is 0 Å². The number of aryl methyl sites for hydroxylation is 1. The number of hydrogen-bond acceptors (Lipinski definition) is 2. The zero-order valence-electron chi connectivity index (χ0n) is 10.4. The summed E-state index contributed by atoms with van der Waals surface area (Å²) in [5.74, 6) is -0.395. The van der Waals surface area contributed by atoms with E-state index in [1.54, 1.807) is 12.1 Å². The van der Waals surface area contributed by atoms with E-state index in [9.17, 15) is 9.90 Å². The van der Waals surface area contributed by atoms with Gasteiger partial charge >= 0.3 is 0 Å². The Labute approximate surface area is 147 Å². The lowest BCUT2D eigenvalue weighted by atomic mass is 10.1. The Balaban J connectivity index is 2.35. The first-order valence-electron chi connectivity index (χ1n) is 5.64. The van der Waals surface area contributed by atoms with Gasteiger partial charge in [0, 0.05) is 12.5 Å². The summed E-state index contributed by atoms with van der Waals surface area (Å²) in [7, 11) is 0. The molecule has 0 bridgehead atoms. The lowest BCUT2D eigenvalue weighted by Crippen LogP contribution is -2.13. The van der Waals surface area contributed by atoms with Gasteiger partial charge in [-0.1, -0.05) is 0 Å². The van der Waals surface area contributed by atoms with Gasteiger partial charge in [-0.2, -0.15) is 0 Å². The van der Waals surface area contributed by atoms with Crippen LogP contribution in [0.2, 0.25) is 0 Å². The van der Waals surface area contributed by atoms with Crippen LogP contribution in [0.5, 0.6) is 5.75 Å². The maximum Gasteiger partial charge on any atom is 0.259 e. The molecule has 0 saturated carbocycles. The Morgan fingerprint density at radius 3 is 2.40 bits per heavy atom. The first kappa shape index (κ1) is 15.8. The van der Waals surface area contributed by atoms with Gasteiger partial charge < -0.3 is 10.4 Å². The van der Waals surface area contributed by atoms with Gasteiger partial charge in [0.05, 0.1) is 11.3 Å². The van der Waals surface area contributed by atoms with Gasteiger partial charge in [0.1, 0.15) is 5.75 Å². The zero-order valence-corrected chi connectivity index (χ0v) is 15.7. The number of benzene rings is 2. The number of carbonyl (C=O) groups excluding carboxylic acids is 1. The molecule has 2 aromatic rings. The van der Waals surface area contributed by atoms with E-state index in [-0.39, 0.29) is 17.2 Å². The van der Waals surface area contributed by atoms with E-state index in [2.05, 4.69) is 59.8 Å². The molecule has 0 saturated heterocycles. The molecular formula is C14H10Br2INO2. The molecule has 2 N–H and O–H groups in total. The van der Waals surface area contributed by atoms with Crippen molar-refractivity contribution in [2.75, 3.05) is 5.32 Å². The van der Waals surface area contributed by atoms with Gasteiger partial charge in [-0.05, 0) is 97.3 Å². The van der Waals surface area contributed by atoms with Crippen molar-refractivity contribution in [2.45, 2.75) is 6.92 Å². The van der Waals surface area contributed by atoms with Gasteiger partial charge in [-0.3, -0.25) is 4.79 Å². The van der Waals surface area contributed by atoms with Crippen molar-refractivity contribution < 1.29 is 9.90 Å². The van der Waals surface area contributed by atoms with Gasteiger partial charge in [0.2, 0.25) is 0 Å². The molecule has 0 aliphatic carbocycles. The highest BCUT2D eigenvalue weighted by Gasteiger charge is 2.15. The van der Waals surface area contributed by atoms with Crippen molar-refractivity contribution in [3.05, 3.63) is 54.0 Å². The third-order valence-electron chi connectivity index (χ3n) is 2.63. The normalized spacial score (nSPS) is 10.4. The molecule has 0 atom stereocenters. The highest BCUT2D eigenvalue weighted by molar-refractivity contribution is 14.1. The van der Waals surface area contributed by atoms with Crippen LogP contribution in [-0.4, -0.2) is 11.0 Å². The maximum absolute atomic E-state index is 12.3. The molecule has 0 unspecified atom stereocenters. The quantitative estimate of drug-likeness (QED) is 0.553. The van der Waals surface area contributed by atoms with Crippen molar-refractivity contribution in [1.82, 2.24) is 0 Å². The number of phenolic OH excluding ortho intramolecular Hbond substituents is 1. The average molecular weight is 511 g/mol. The second-order valence-corrected chi connectivity index (χ2v) is 7.17. The maximum atomic E-state index is 12.3. The standard InChI is InChI=1S/C14H10Br2INO2/c1-7-4-10(15)13(11(16)5-7)18-14(20)9-6-8(17)2-3-12(9)19/h2-6,19H,1H3,(H,18,20). The monoisotopic (exact) mass is 509 g/mol. The first-order chi connectivity index (χ1) is 9.38. The molecule has 0 aromatic heterocycles. The fourth-order valence-corrected chi connectivity index (χ4v) is 3.80. The molecule has 0 aliphatic heterocycles. The predicted molar refractivity (Wildman–Crippen MR) is 95.4 cm³/mol. The number of aromatic hydroxyl groups is 1. The van der Waals surface area contributed by atoms with E-state index in [0.29, 0.717) is 5.69 Å². The first-order valence-corrected chi connectivity index (χ1v) is 8.30. The Morgan fingerprint density at radius 2 is 1.80 bits per heavy atom. The van der Waals surface area contributed by atoms with Crippen LogP contribution >= 0.6 is 54.5 Å². The molecule has 3 nitrogen and oxygen atoms in total. The minimum Gasteiger partial charge on any atom is -0.507 e. The smallest absolute Gasteiger partial charge is 0.259 e. The zero-order chi connectivity index (χ0) is 14.9. The fraction of sp³-hybridized carbons (Fsp3) is 0.0714. The van der Waals surface area contributed by atoms with Crippen molar-refractivity contribution in [2.24, 2.45) is 0 Å². The molecule has 1 amide bonds. The Morgan fingerprint density at radius 1 is 1.20 bits per heavy atom. The minimum absolute atomic E-state index is 0.0396. The van der Waals surface area contributed by atoms with Gasteiger partial charge in [-0.15, -0.1) is 0 Å². The molecule has 2 aromatic carbocycles. The molecule has 20 heavy (non-hydrogen) atoms. The van der Waals surface area contributed by atoms with Crippen LogP contribution in [0.4, 0.5) is 5.69 Å². The van der Waals surface area contributed by atoms with Crippen LogP contribution in [0.15, 0.2) is 39.3 Å². The third kappa shape index (κ3) is 3.53. The van der Waals surface area contributed by atoms with Crippen LogP contribution in [-0.2, 0) is 0 Å². The third-order valence-corrected chi connectivity index (χ3v) is 4.55. The lowest BCUT2D eigenvalue weighted by Gasteiger charge is -2.11. The van der Waals surface area contributed by atoms with Crippen LogP contribution in [0, 0.1) is 10.5 Å². The van der Waals surface area contributed by atoms with E-state index in [4.69, 9.17) is 0 Å². The second kappa shape index (κ2) is 6.44. The number of nitrogens with one attached hydrogen (secondary N) is 1. The minimum atomic E-state index is -0.355. The van der Waals surface area contributed by atoms with Gasteiger partial charge in [0.25, 0.3) is 5.91 Å². The van der Waals surface area contributed by atoms with Crippen LogP contribution < -0.4 is 5.32 Å². The molecule has 0 heterocycles. The number of anilines is 1. The molecular weight excluding hydrogens is 501 g/mol. The Kier molecular flexibility index (Phi) is 5.09. The largest absolute Gasteiger partial charge is 0.507 e. The number of hydrogen-bond donors (Lipinski definition) is 2. The highest BCUT2D eigenvalue weighted by atomic mass is 127. The number of phenols is 1. The molecule has 2 rings (SSSR count). The molecule has 0 aliphatic rings. The van der Waals surface area contributed by atoms with Crippen LogP contribution in [0.25, 0.3) is 0 Å². The summed E-state index contributed by atoms with van der Waals surface area (Å²) >= 11 is 8.94. The van der Waals surface area contributed by atoms with E-state index in [0.717, 1.165) is 18.1 Å². The van der Waals surface area contributed by atoms with E-state index >= 15 is 0 Å². The van der Waals surface area contributed by atoms with E-state index in [1.807, 2.05) is 19.1 Å². The summed E-state index contributed by atoms with van der Waals surface area (Å²) in [6.07, 6.45) is 0. The summed E-state index contributed by atoms with van der Waals surface area (Å²) in [5.41, 5.74) is 1.95. The molecule has 0 fully saturated rings. The Bertz CT molecular complexity index is 666. The molecule has 6 heteroatoms. The number of halogens is 3. The van der Waals surface area contributed by atoms with E-state index < -0.39 is 0 Å². The van der Waals surface area contributed by atoms with E-state index in [1.165, 1.54) is 6.07 Å². The lowest BCUT2D eigenvalue weighted by molar-refractivity contribution is 0.102. The summed E-state index contributed by atoms with van der Waals surface area (Å²) < 4.78 is 2.44. The topological polar surface area (TPSA) is 49.3 Å². The second-order valence-electron chi connectivity index (χ2n) is 4.22. The predicted octanol–water partition coefficient (Wildman–Crippen LogP) is 5.08. The number of amides is 1. The summed E-state index contributed by atoms with van der Waals surface area (Å²) in [6, 6.07) is 8.71. The number of carbonyl (C=O) groups is 1. The van der Waals surface area contributed by atoms with Crippen molar-refractivity contribution >= 4 is 66.0 Å². The molecule has 0 radical (unpaired) electrons. The van der Waals surface area contributed by atoms with Crippen LogP contribution in [0.1, 0.15) is 15.9 Å². The summed E-state index contributed by atoms with van der Waals surface area (Å²) in [6.45, 7) is 1.96. The van der Waals surface area contributed by atoms with Gasteiger partial charge in [0.15, 0.2) is 0 Å². The van der Waals surface area contributed by atoms with Crippen molar-refractivity contribution in [1.29, 1.82) is 0 Å². The number of rotatable bonds is 2. The SMILES string of the molecule is Cc1cc(Br)c(NC(=O)c2cc(I)ccc2O)c(Br)c1. The fourth-order valence-electron chi connectivity index (χ4n) is 1.69. The van der Waals surface area contributed by atoms with Crippen LogP contribution in [0.3, 0.4) is 0 Å². The van der Waals surface area contributed by atoms with Crippen molar-refractivity contribution in [3.8, 4) is 5.75 Å². The summed E-state index contributed by atoms with van der Waals surface area (Å²) in [4.78, 5) is 12.3. The highest BCUT2D eigenvalue weighted by Crippen LogP contribution is 2.33. The summed E-state index contributed by atoms with van der Waals surface area (Å²) in [5, 5.41) is 12.6. The molecule has 104 valence electrons. The van der Waals surface area contributed by atoms with Crippen molar-refractivity contribution in [3.63, 3.8) is 0 Å².